The van der Waals surface area contributed by atoms with Gasteiger partial charge in [0, 0.05) is 0 Å². The van der Waals surface area contributed by atoms with Gasteiger partial charge in [-0.2, -0.15) is 0 Å². The summed E-state index contributed by atoms with van der Waals surface area (Å²) in [7, 11) is -3.10. The molecule has 1 aromatic rings. The largest absolute Gasteiger partial charge is 0.465 e. The zero-order valence-electron chi connectivity index (χ0n) is 13.4. The van der Waals surface area contributed by atoms with Gasteiger partial charge in [0.1, 0.15) is 6.54 Å². The molecule has 0 aliphatic carbocycles. The highest BCUT2D eigenvalue weighted by Gasteiger charge is 2.33. The van der Waals surface area contributed by atoms with Crippen LogP contribution in [0.2, 0.25) is 0 Å². The summed E-state index contributed by atoms with van der Waals surface area (Å²) in [5.41, 5.74) is 3.29. The van der Waals surface area contributed by atoms with Crippen molar-refractivity contribution in [1.29, 1.82) is 0 Å². The van der Waals surface area contributed by atoms with Crippen LogP contribution in [-0.4, -0.2) is 51.1 Å². The van der Waals surface area contributed by atoms with Crippen molar-refractivity contribution in [3.05, 3.63) is 30.3 Å². The quantitative estimate of drug-likeness (QED) is 0.567. The first kappa shape index (κ1) is 18.1. The predicted octanol–water partition coefficient (Wildman–Crippen LogP) is 0.457. The number of nitrogens with zero attached hydrogens (tertiary/aromatic N) is 1. The van der Waals surface area contributed by atoms with Gasteiger partial charge in [-0.15, -0.1) is 0 Å². The van der Waals surface area contributed by atoms with Crippen molar-refractivity contribution in [2.45, 2.75) is 19.4 Å². The molecule has 8 nitrogen and oxygen atoms in total. The Kier molecular flexibility index (Phi) is 6.02. The number of hydrogen-bond acceptors (Lipinski definition) is 6. The van der Waals surface area contributed by atoms with Crippen LogP contribution in [0.1, 0.15) is 13.3 Å². The number of rotatable bonds is 6. The molecule has 0 bridgehead atoms. The zero-order chi connectivity index (χ0) is 17.6. The predicted molar refractivity (Wildman–Crippen MR) is 89.1 cm³/mol. The van der Waals surface area contributed by atoms with Gasteiger partial charge in [-0.1, -0.05) is 18.2 Å². The molecule has 1 fully saturated rings. The molecule has 132 valence electrons. The molecule has 0 spiro atoms. The van der Waals surface area contributed by atoms with Crippen LogP contribution in [0.5, 0.6) is 0 Å². The van der Waals surface area contributed by atoms with E-state index in [1.165, 1.54) is 5.01 Å². The van der Waals surface area contributed by atoms with Gasteiger partial charge in [0.15, 0.2) is 9.84 Å². The summed E-state index contributed by atoms with van der Waals surface area (Å²) in [4.78, 5) is 23.3. The molecule has 0 aromatic heterocycles. The molecular formula is C15H21N3O5S. The Morgan fingerprint density at radius 1 is 1.29 bits per heavy atom. The third-order valence-electron chi connectivity index (χ3n) is 3.53. The first-order valence-corrected chi connectivity index (χ1v) is 9.48. The second kappa shape index (κ2) is 8.00. The number of carbonyl (C=O) groups is 2. The summed E-state index contributed by atoms with van der Waals surface area (Å²) >= 11 is 0. The fourth-order valence-corrected chi connectivity index (χ4v) is 4.15. The zero-order valence-corrected chi connectivity index (χ0v) is 14.2. The minimum Gasteiger partial charge on any atom is -0.465 e. The third-order valence-corrected chi connectivity index (χ3v) is 5.28. The smallest absolute Gasteiger partial charge is 0.334 e. The number of amides is 2. The van der Waals surface area contributed by atoms with Crippen LogP contribution in [0.25, 0.3) is 0 Å². The summed E-state index contributed by atoms with van der Waals surface area (Å²) in [6, 6.07) is 8.01. The molecule has 1 saturated heterocycles. The van der Waals surface area contributed by atoms with E-state index in [1.807, 2.05) is 6.07 Å². The van der Waals surface area contributed by atoms with Crippen LogP contribution in [-0.2, 0) is 19.4 Å². The monoisotopic (exact) mass is 355 g/mol. The number of anilines is 1. The van der Waals surface area contributed by atoms with Crippen LogP contribution < -0.4 is 15.8 Å². The number of hydrazine groups is 1. The average molecular weight is 355 g/mol. The molecule has 1 aliphatic rings. The molecule has 24 heavy (non-hydrogen) atoms. The maximum Gasteiger partial charge on any atom is 0.334 e. The van der Waals surface area contributed by atoms with E-state index in [9.17, 15) is 18.0 Å². The van der Waals surface area contributed by atoms with Crippen LogP contribution >= 0.6 is 0 Å². The summed E-state index contributed by atoms with van der Waals surface area (Å²) < 4.78 is 28.2. The Labute approximate surface area is 141 Å². The van der Waals surface area contributed by atoms with Gasteiger partial charge in [0.2, 0.25) is 0 Å². The Morgan fingerprint density at radius 3 is 2.58 bits per heavy atom. The second-order valence-electron chi connectivity index (χ2n) is 5.36. The molecule has 1 aromatic carbocycles. The third kappa shape index (κ3) is 5.12. The Bertz CT molecular complexity index is 678. The minimum absolute atomic E-state index is 0.0277. The number of ether oxygens (including phenoxy) is 1. The molecule has 1 atom stereocenters. The Balaban J connectivity index is 2.04. The summed E-state index contributed by atoms with van der Waals surface area (Å²) in [5, 5.41) is 3.93. The number of nitrogens with one attached hydrogen (secondary N) is 2. The minimum atomic E-state index is -3.10. The van der Waals surface area contributed by atoms with Crippen LogP contribution in [0.15, 0.2) is 30.3 Å². The van der Waals surface area contributed by atoms with Crippen molar-refractivity contribution in [3.8, 4) is 0 Å². The van der Waals surface area contributed by atoms with Gasteiger partial charge >= 0.3 is 12.0 Å². The van der Waals surface area contributed by atoms with Gasteiger partial charge in [0.05, 0.1) is 29.8 Å². The van der Waals surface area contributed by atoms with Crippen molar-refractivity contribution >= 4 is 27.5 Å². The van der Waals surface area contributed by atoms with Gasteiger partial charge in [-0.25, -0.2) is 18.6 Å². The lowest BCUT2D eigenvalue weighted by Gasteiger charge is -2.30. The van der Waals surface area contributed by atoms with E-state index in [4.69, 9.17) is 4.74 Å². The molecule has 9 heteroatoms. The van der Waals surface area contributed by atoms with E-state index in [1.54, 1.807) is 31.2 Å². The molecule has 0 radical (unpaired) electrons. The Morgan fingerprint density at radius 2 is 2.00 bits per heavy atom. The van der Waals surface area contributed by atoms with E-state index in [0.29, 0.717) is 12.1 Å². The lowest BCUT2D eigenvalue weighted by Crippen LogP contribution is -2.53. The van der Waals surface area contributed by atoms with Crippen molar-refractivity contribution < 1.29 is 22.7 Å². The number of hydrogen-bond donors (Lipinski definition) is 2. The van der Waals surface area contributed by atoms with Gasteiger partial charge < -0.3 is 10.1 Å². The topological polar surface area (TPSA) is 105 Å². The number of benzene rings is 1. The SMILES string of the molecule is CCOC(=O)CNC(=O)NN(c1ccccc1)[C@H]1CCS(=O)(=O)C1. The van der Waals surface area contributed by atoms with E-state index < -0.39 is 21.8 Å². The number of carbonyl (C=O) groups excluding carboxylic acids is 2. The first-order valence-electron chi connectivity index (χ1n) is 7.66. The van der Waals surface area contributed by atoms with Gasteiger partial charge in [-0.3, -0.25) is 9.80 Å². The van der Waals surface area contributed by atoms with Gasteiger partial charge in [0.25, 0.3) is 0 Å². The molecular weight excluding hydrogens is 334 g/mol. The number of urea groups is 1. The lowest BCUT2D eigenvalue weighted by molar-refractivity contribution is -0.141. The first-order chi connectivity index (χ1) is 11.4. The highest BCUT2D eigenvalue weighted by molar-refractivity contribution is 7.91. The summed E-state index contributed by atoms with van der Waals surface area (Å²) in [6.45, 7) is 1.65. The highest BCUT2D eigenvalue weighted by Crippen LogP contribution is 2.22. The average Bonchev–Trinajstić information content (AvgIpc) is 2.91. The van der Waals surface area contributed by atoms with Crippen LogP contribution in [0.3, 0.4) is 0 Å². The molecule has 1 heterocycles. The number of para-hydroxylation sites is 1. The van der Waals surface area contributed by atoms with Crippen molar-refractivity contribution in [1.82, 2.24) is 10.7 Å². The maximum absolute atomic E-state index is 12.0. The number of esters is 1. The fraction of sp³-hybridized carbons (Fsp3) is 0.467. The highest BCUT2D eigenvalue weighted by atomic mass is 32.2. The molecule has 0 saturated carbocycles. The molecule has 0 unspecified atom stereocenters. The van der Waals surface area contributed by atoms with Crippen LogP contribution in [0.4, 0.5) is 10.5 Å². The van der Waals surface area contributed by atoms with Crippen LogP contribution in [0, 0.1) is 0 Å². The van der Waals surface area contributed by atoms with E-state index in [0.717, 1.165) is 0 Å². The second-order valence-corrected chi connectivity index (χ2v) is 7.59. The van der Waals surface area contributed by atoms with E-state index in [-0.39, 0.29) is 30.7 Å². The molecule has 2 rings (SSSR count). The van der Waals surface area contributed by atoms with Gasteiger partial charge in [-0.05, 0) is 25.5 Å². The molecule has 2 amide bonds. The lowest BCUT2D eigenvalue weighted by atomic mass is 10.2. The molecule has 1 aliphatic heterocycles. The van der Waals surface area contributed by atoms with Crippen molar-refractivity contribution in [3.63, 3.8) is 0 Å². The standard InChI is InChI=1S/C15H21N3O5S/c1-2-23-14(19)10-16-15(20)17-18(12-6-4-3-5-7-12)13-8-9-24(21,22)11-13/h3-7,13H,2,8-11H2,1H3,(H2,16,17,20)/t13-/m0/s1. The summed E-state index contributed by atoms with van der Waals surface area (Å²) in [6.07, 6.45) is 0.426. The van der Waals surface area contributed by atoms with E-state index >= 15 is 0 Å². The maximum atomic E-state index is 12.0. The summed E-state index contributed by atoms with van der Waals surface area (Å²) in [5.74, 6) is -0.477. The van der Waals surface area contributed by atoms with E-state index in [2.05, 4.69) is 10.7 Å². The fourth-order valence-electron chi connectivity index (χ4n) is 2.45. The number of sulfone groups is 1. The normalized spacial score (nSPS) is 18.6. The Hall–Kier alpha value is -2.29. The van der Waals surface area contributed by atoms with Crippen molar-refractivity contribution in [2.24, 2.45) is 0 Å². The molecule has 2 N–H and O–H groups in total. The van der Waals surface area contributed by atoms with Crippen molar-refractivity contribution in [2.75, 3.05) is 29.7 Å².